The molecule has 0 spiro atoms. The van der Waals surface area contributed by atoms with Crippen molar-refractivity contribution in [1.29, 1.82) is 0 Å². The van der Waals surface area contributed by atoms with Crippen molar-refractivity contribution in [2.45, 2.75) is 25.2 Å². The molecule has 1 aromatic carbocycles. The number of piperazine rings is 1. The molecule has 0 N–H and O–H groups in total. The van der Waals surface area contributed by atoms with Gasteiger partial charge in [0, 0.05) is 23.6 Å². The highest BCUT2D eigenvalue weighted by Gasteiger charge is 2.48. The number of likely N-dealkylation sites (N-methyl/N-ethyl adjacent to an activating group) is 1. The standard InChI is InChI=1S/C17H17BrF3N3O3/c1-9-6-23(7-13(22(9)2)17(19,20)21)14(25)8-24-15(26)11-4-3-10(18)5-12(11)16(24)27/h3-5,9,13H,6-8H2,1-2H3. The average Bonchev–Trinajstić information content (AvgIpc) is 2.80. The summed E-state index contributed by atoms with van der Waals surface area (Å²) in [4.78, 5) is 40.5. The molecule has 1 saturated heterocycles. The first-order valence-corrected chi connectivity index (χ1v) is 9.02. The molecule has 2 unspecified atom stereocenters. The predicted octanol–water partition coefficient (Wildman–Crippen LogP) is 2.14. The summed E-state index contributed by atoms with van der Waals surface area (Å²) in [5.41, 5.74) is 0.345. The number of amides is 3. The van der Waals surface area contributed by atoms with Crippen molar-refractivity contribution in [1.82, 2.24) is 14.7 Å². The Kier molecular flexibility index (Phi) is 5.06. The summed E-state index contributed by atoms with van der Waals surface area (Å²) in [5.74, 6) is -1.93. The highest BCUT2D eigenvalue weighted by atomic mass is 79.9. The van der Waals surface area contributed by atoms with E-state index in [0.717, 1.165) is 9.80 Å². The molecule has 2 aliphatic rings. The fraction of sp³-hybridized carbons (Fsp3) is 0.471. The van der Waals surface area contributed by atoms with Crippen LogP contribution in [0.3, 0.4) is 0 Å². The molecule has 0 aliphatic carbocycles. The van der Waals surface area contributed by atoms with Crippen LogP contribution in [0.1, 0.15) is 27.6 Å². The average molecular weight is 448 g/mol. The van der Waals surface area contributed by atoms with Crippen molar-refractivity contribution in [3.8, 4) is 0 Å². The summed E-state index contributed by atoms with van der Waals surface area (Å²) < 4.78 is 40.3. The molecule has 2 atom stereocenters. The molecule has 27 heavy (non-hydrogen) atoms. The van der Waals surface area contributed by atoms with Crippen LogP contribution in [0.5, 0.6) is 0 Å². The van der Waals surface area contributed by atoms with Crippen molar-refractivity contribution in [2.24, 2.45) is 0 Å². The molecule has 2 heterocycles. The minimum absolute atomic E-state index is 0.0939. The fourth-order valence-corrected chi connectivity index (χ4v) is 3.71. The van der Waals surface area contributed by atoms with Gasteiger partial charge in [0.05, 0.1) is 11.1 Å². The number of hydrogen-bond donors (Lipinski definition) is 0. The smallest absolute Gasteiger partial charge is 0.338 e. The Morgan fingerprint density at radius 3 is 2.44 bits per heavy atom. The molecule has 2 aliphatic heterocycles. The van der Waals surface area contributed by atoms with Crippen molar-refractivity contribution in [2.75, 3.05) is 26.7 Å². The number of nitrogens with zero attached hydrogens (tertiary/aromatic N) is 3. The van der Waals surface area contributed by atoms with Crippen LogP contribution in [-0.2, 0) is 4.79 Å². The Bertz CT molecular complexity index is 814. The highest BCUT2D eigenvalue weighted by molar-refractivity contribution is 9.10. The van der Waals surface area contributed by atoms with E-state index in [0.29, 0.717) is 4.47 Å². The van der Waals surface area contributed by atoms with Gasteiger partial charge < -0.3 is 4.90 Å². The van der Waals surface area contributed by atoms with Crippen LogP contribution in [0.15, 0.2) is 22.7 Å². The Labute approximate surface area is 162 Å². The Morgan fingerprint density at radius 2 is 1.81 bits per heavy atom. The minimum Gasteiger partial charge on any atom is -0.338 e. The summed E-state index contributed by atoms with van der Waals surface area (Å²) in [6, 6.07) is 2.26. The molecule has 6 nitrogen and oxygen atoms in total. The Hall–Kier alpha value is -1.94. The second-order valence-corrected chi connectivity index (χ2v) is 7.67. The van der Waals surface area contributed by atoms with Gasteiger partial charge in [-0.2, -0.15) is 13.2 Å². The lowest BCUT2D eigenvalue weighted by Gasteiger charge is -2.44. The zero-order valence-electron chi connectivity index (χ0n) is 14.6. The lowest BCUT2D eigenvalue weighted by molar-refractivity contribution is -0.201. The first-order chi connectivity index (χ1) is 12.5. The summed E-state index contributed by atoms with van der Waals surface area (Å²) in [5, 5.41) is 0. The topological polar surface area (TPSA) is 60.9 Å². The van der Waals surface area contributed by atoms with E-state index in [1.54, 1.807) is 13.0 Å². The zero-order chi connectivity index (χ0) is 20.1. The summed E-state index contributed by atoms with van der Waals surface area (Å²) in [6.07, 6.45) is -4.48. The van der Waals surface area contributed by atoms with Crippen LogP contribution in [-0.4, -0.2) is 77.4 Å². The van der Waals surface area contributed by atoms with E-state index >= 15 is 0 Å². The minimum atomic E-state index is -4.48. The summed E-state index contributed by atoms with van der Waals surface area (Å²) in [6.45, 7) is 0.581. The van der Waals surface area contributed by atoms with E-state index in [-0.39, 0.29) is 17.7 Å². The largest absolute Gasteiger partial charge is 0.405 e. The van der Waals surface area contributed by atoms with E-state index in [1.165, 1.54) is 24.1 Å². The van der Waals surface area contributed by atoms with Crippen molar-refractivity contribution < 1.29 is 27.6 Å². The summed E-state index contributed by atoms with van der Waals surface area (Å²) >= 11 is 3.21. The van der Waals surface area contributed by atoms with Crippen LogP contribution < -0.4 is 0 Å². The molecule has 146 valence electrons. The Balaban J connectivity index is 1.76. The number of halogens is 4. The van der Waals surface area contributed by atoms with Gasteiger partial charge in [0.1, 0.15) is 12.6 Å². The second kappa shape index (κ2) is 6.90. The van der Waals surface area contributed by atoms with Crippen molar-refractivity contribution in [3.05, 3.63) is 33.8 Å². The molecular formula is C17H17BrF3N3O3. The molecule has 0 bridgehead atoms. The zero-order valence-corrected chi connectivity index (χ0v) is 16.2. The third-order valence-electron chi connectivity index (χ3n) is 5.02. The Morgan fingerprint density at radius 1 is 1.19 bits per heavy atom. The van der Waals surface area contributed by atoms with Gasteiger partial charge in [-0.05, 0) is 32.2 Å². The summed E-state index contributed by atoms with van der Waals surface area (Å²) in [7, 11) is 1.37. The van der Waals surface area contributed by atoms with E-state index in [2.05, 4.69) is 15.9 Å². The van der Waals surface area contributed by atoms with Gasteiger partial charge in [0.15, 0.2) is 0 Å². The van der Waals surface area contributed by atoms with E-state index in [1.807, 2.05) is 0 Å². The molecule has 0 radical (unpaired) electrons. The highest BCUT2D eigenvalue weighted by Crippen LogP contribution is 2.30. The maximum Gasteiger partial charge on any atom is 0.405 e. The number of alkyl halides is 3. The number of hydrogen-bond acceptors (Lipinski definition) is 4. The van der Waals surface area contributed by atoms with Crippen LogP contribution >= 0.6 is 15.9 Å². The van der Waals surface area contributed by atoms with Crippen LogP contribution in [0.4, 0.5) is 13.2 Å². The quantitative estimate of drug-likeness (QED) is 0.651. The maximum atomic E-state index is 13.2. The molecule has 3 amide bonds. The van der Waals surface area contributed by atoms with Gasteiger partial charge in [0.2, 0.25) is 5.91 Å². The molecule has 0 aromatic heterocycles. The van der Waals surface area contributed by atoms with Gasteiger partial charge in [-0.25, -0.2) is 0 Å². The number of benzene rings is 1. The van der Waals surface area contributed by atoms with Crippen molar-refractivity contribution >= 4 is 33.7 Å². The number of fused-ring (bicyclic) bond motifs is 1. The van der Waals surface area contributed by atoms with Gasteiger partial charge in [-0.15, -0.1) is 0 Å². The van der Waals surface area contributed by atoms with E-state index < -0.39 is 49.1 Å². The molecule has 3 rings (SSSR count). The van der Waals surface area contributed by atoms with Crippen LogP contribution in [0, 0.1) is 0 Å². The lowest BCUT2D eigenvalue weighted by atomic mass is 10.1. The predicted molar refractivity (Wildman–Crippen MR) is 93.2 cm³/mol. The molecule has 1 fully saturated rings. The first kappa shape index (κ1) is 19.8. The SMILES string of the molecule is CC1CN(C(=O)CN2C(=O)c3ccc(Br)cc3C2=O)CC(C(F)(F)F)N1C. The van der Waals surface area contributed by atoms with E-state index in [9.17, 15) is 27.6 Å². The van der Waals surface area contributed by atoms with Gasteiger partial charge in [-0.1, -0.05) is 15.9 Å². The monoisotopic (exact) mass is 447 g/mol. The molecule has 10 heteroatoms. The number of carbonyl (C=O) groups is 3. The van der Waals surface area contributed by atoms with Gasteiger partial charge >= 0.3 is 6.18 Å². The lowest BCUT2D eigenvalue weighted by Crippen LogP contribution is -2.63. The molecule has 0 saturated carbocycles. The van der Waals surface area contributed by atoms with Crippen molar-refractivity contribution in [3.63, 3.8) is 0 Å². The molecule has 1 aromatic rings. The number of carbonyl (C=O) groups excluding carboxylic acids is 3. The van der Waals surface area contributed by atoms with Gasteiger partial charge in [0.25, 0.3) is 11.8 Å². The van der Waals surface area contributed by atoms with E-state index in [4.69, 9.17) is 0 Å². The van der Waals surface area contributed by atoms with Crippen LogP contribution in [0.25, 0.3) is 0 Å². The number of rotatable bonds is 2. The van der Waals surface area contributed by atoms with Gasteiger partial charge in [-0.3, -0.25) is 24.2 Å². The maximum absolute atomic E-state index is 13.2. The third-order valence-corrected chi connectivity index (χ3v) is 5.51. The third kappa shape index (κ3) is 3.60. The van der Waals surface area contributed by atoms with Crippen LogP contribution in [0.2, 0.25) is 0 Å². The first-order valence-electron chi connectivity index (χ1n) is 8.23. The second-order valence-electron chi connectivity index (χ2n) is 6.76. The normalized spacial score (nSPS) is 23.8. The fourth-order valence-electron chi connectivity index (χ4n) is 3.35. The number of imide groups is 1. The molecular weight excluding hydrogens is 431 g/mol.